The molecule has 0 radical (unpaired) electrons. The van der Waals surface area contributed by atoms with Crippen LogP contribution in [0.2, 0.25) is 0 Å². The molecular weight excluding hydrogens is 593 g/mol. The third kappa shape index (κ3) is 4.05. The monoisotopic (exact) mass is 618 g/mol. The van der Waals surface area contributed by atoms with E-state index >= 15 is 0 Å². The van der Waals surface area contributed by atoms with E-state index in [1.54, 1.807) is 0 Å². The van der Waals surface area contributed by atoms with Crippen LogP contribution in [-0.4, -0.2) is 4.98 Å². The molecule has 220 valence electrons. The Labute approximate surface area is 275 Å². The summed E-state index contributed by atoms with van der Waals surface area (Å²) in [7, 11) is 0. The third-order valence-corrected chi connectivity index (χ3v) is 10.4. The standard InChI is InChI=1S/C43H26N2OS/c1-2-12-27(13-3-1)41-34-25-24-32-31-18-11-17-30(42(31)46-43(32)40(34)33-16-4-5-19-35(33)44-41)28-14-10-15-29(26-28)45-36-20-6-8-22-38(36)47-39-23-9-7-21-37(39)45/h1-26H. The molecule has 0 aliphatic carbocycles. The van der Waals surface area contributed by atoms with Gasteiger partial charge in [-0.2, -0.15) is 0 Å². The summed E-state index contributed by atoms with van der Waals surface area (Å²) < 4.78 is 7.00. The van der Waals surface area contributed by atoms with Crippen molar-refractivity contribution in [2.45, 2.75) is 9.79 Å². The summed E-state index contributed by atoms with van der Waals surface area (Å²) in [5.74, 6) is 0. The smallest absolute Gasteiger partial charge is 0.144 e. The summed E-state index contributed by atoms with van der Waals surface area (Å²) >= 11 is 1.83. The minimum atomic E-state index is 0.893. The van der Waals surface area contributed by atoms with Crippen LogP contribution in [0.5, 0.6) is 0 Å². The highest BCUT2D eigenvalue weighted by molar-refractivity contribution is 7.99. The second-order valence-corrected chi connectivity index (χ2v) is 13.0. The fourth-order valence-corrected chi connectivity index (χ4v) is 8.19. The van der Waals surface area contributed by atoms with Gasteiger partial charge in [0.05, 0.1) is 22.6 Å². The molecule has 0 spiro atoms. The Balaban J connectivity index is 1.21. The number of nitrogens with zero attached hydrogens (tertiary/aromatic N) is 2. The molecule has 0 fully saturated rings. The van der Waals surface area contributed by atoms with Gasteiger partial charge < -0.3 is 9.32 Å². The molecule has 0 unspecified atom stereocenters. The van der Waals surface area contributed by atoms with Crippen LogP contribution in [0.3, 0.4) is 0 Å². The van der Waals surface area contributed by atoms with Crippen LogP contribution in [0.4, 0.5) is 17.1 Å². The van der Waals surface area contributed by atoms with Gasteiger partial charge in [-0.25, -0.2) is 4.98 Å². The molecule has 0 saturated carbocycles. The van der Waals surface area contributed by atoms with Gasteiger partial charge in [-0.05, 0) is 54.1 Å². The van der Waals surface area contributed by atoms with E-state index in [9.17, 15) is 0 Å². The summed E-state index contributed by atoms with van der Waals surface area (Å²) in [6.45, 7) is 0. The molecule has 47 heavy (non-hydrogen) atoms. The first-order valence-corrected chi connectivity index (χ1v) is 16.6. The van der Waals surface area contributed by atoms with Gasteiger partial charge in [0.1, 0.15) is 11.2 Å². The number of pyridine rings is 1. The van der Waals surface area contributed by atoms with Gasteiger partial charge in [0.15, 0.2) is 0 Å². The van der Waals surface area contributed by atoms with Crippen molar-refractivity contribution in [2.75, 3.05) is 4.90 Å². The molecule has 7 aromatic carbocycles. The summed E-state index contributed by atoms with van der Waals surface area (Å²) in [5.41, 5.74) is 10.5. The first kappa shape index (κ1) is 26.4. The van der Waals surface area contributed by atoms with Gasteiger partial charge in [0.2, 0.25) is 0 Å². The quantitative estimate of drug-likeness (QED) is 0.184. The van der Waals surface area contributed by atoms with E-state index in [1.807, 2.05) is 17.8 Å². The highest BCUT2D eigenvalue weighted by atomic mass is 32.2. The van der Waals surface area contributed by atoms with Crippen molar-refractivity contribution >= 4 is 72.4 Å². The van der Waals surface area contributed by atoms with Gasteiger partial charge in [0, 0.05) is 53.5 Å². The Morgan fingerprint density at radius 3 is 1.96 bits per heavy atom. The molecule has 1 aliphatic heterocycles. The normalized spacial score (nSPS) is 12.6. The number of anilines is 3. The predicted molar refractivity (Wildman–Crippen MR) is 196 cm³/mol. The number of benzene rings is 7. The van der Waals surface area contributed by atoms with Gasteiger partial charge in [-0.3, -0.25) is 0 Å². The number of hydrogen-bond acceptors (Lipinski definition) is 4. The van der Waals surface area contributed by atoms with Gasteiger partial charge in [-0.1, -0.05) is 121 Å². The van der Waals surface area contributed by atoms with E-state index in [1.165, 1.54) is 21.2 Å². The van der Waals surface area contributed by atoms with E-state index < -0.39 is 0 Å². The number of furan rings is 1. The number of rotatable bonds is 3. The zero-order chi connectivity index (χ0) is 30.9. The Kier molecular flexibility index (Phi) is 5.81. The van der Waals surface area contributed by atoms with Crippen molar-refractivity contribution in [2.24, 2.45) is 0 Å². The summed E-state index contributed by atoms with van der Waals surface area (Å²) in [4.78, 5) is 10.0. The molecule has 0 atom stereocenters. The van der Waals surface area contributed by atoms with Crippen molar-refractivity contribution in [3.05, 3.63) is 158 Å². The maximum absolute atomic E-state index is 7.00. The van der Waals surface area contributed by atoms with Crippen molar-refractivity contribution in [1.82, 2.24) is 4.98 Å². The molecule has 0 saturated heterocycles. The molecule has 0 N–H and O–H groups in total. The number of aromatic nitrogens is 1. The topological polar surface area (TPSA) is 29.3 Å². The zero-order valence-corrected chi connectivity index (χ0v) is 26.0. The minimum absolute atomic E-state index is 0.893. The lowest BCUT2D eigenvalue weighted by Gasteiger charge is -2.33. The maximum Gasteiger partial charge on any atom is 0.144 e. The molecule has 2 aromatic heterocycles. The largest absolute Gasteiger partial charge is 0.455 e. The first-order chi connectivity index (χ1) is 23.3. The van der Waals surface area contributed by atoms with Crippen LogP contribution >= 0.6 is 11.8 Å². The van der Waals surface area contributed by atoms with E-state index in [4.69, 9.17) is 9.40 Å². The predicted octanol–water partition coefficient (Wildman–Crippen LogP) is 12.6. The molecule has 0 amide bonds. The van der Waals surface area contributed by atoms with Gasteiger partial charge >= 0.3 is 0 Å². The fraction of sp³-hybridized carbons (Fsp3) is 0. The average Bonchev–Trinajstić information content (AvgIpc) is 3.53. The molecule has 1 aliphatic rings. The van der Waals surface area contributed by atoms with Crippen LogP contribution in [0, 0.1) is 0 Å². The molecule has 4 heteroatoms. The van der Waals surface area contributed by atoms with Crippen LogP contribution < -0.4 is 4.90 Å². The van der Waals surface area contributed by atoms with E-state index in [-0.39, 0.29) is 0 Å². The fourth-order valence-electron chi connectivity index (χ4n) is 7.13. The van der Waals surface area contributed by atoms with Crippen molar-refractivity contribution in [3.8, 4) is 22.4 Å². The SMILES string of the molecule is c1ccc(-c2nc3ccccc3c3c2ccc2c4cccc(-c5cccc(N6c7ccccc7Sc7ccccc76)c5)c4oc23)cc1. The van der Waals surface area contributed by atoms with Crippen molar-refractivity contribution in [3.63, 3.8) is 0 Å². The Bertz CT molecular complexity index is 2630. The molecule has 0 bridgehead atoms. The van der Waals surface area contributed by atoms with Crippen LogP contribution in [0.1, 0.15) is 0 Å². The third-order valence-electron chi connectivity index (χ3n) is 9.22. The summed E-state index contributed by atoms with van der Waals surface area (Å²) in [5, 5.41) is 5.50. The van der Waals surface area contributed by atoms with E-state index in [0.29, 0.717) is 0 Å². The second-order valence-electron chi connectivity index (χ2n) is 11.9. The summed E-state index contributed by atoms with van der Waals surface area (Å²) in [6.07, 6.45) is 0. The second kappa shape index (κ2) is 10.3. The number of hydrogen-bond donors (Lipinski definition) is 0. The van der Waals surface area contributed by atoms with Crippen LogP contribution in [-0.2, 0) is 0 Å². The lowest BCUT2D eigenvalue weighted by atomic mass is 9.97. The van der Waals surface area contributed by atoms with Gasteiger partial charge in [0.25, 0.3) is 0 Å². The van der Waals surface area contributed by atoms with Gasteiger partial charge in [-0.15, -0.1) is 0 Å². The Hall–Kier alpha value is -5.84. The van der Waals surface area contributed by atoms with E-state index in [2.05, 4.69) is 157 Å². The van der Waals surface area contributed by atoms with Crippen molar-refractivity contribution in [1.29, 1.82) is 0 Å². The average molecular weight is 619 g/mol. The molecule has 9 aromatic rings. The molecule has 3 nitrogen and oxygen atoms in total. The first-order valence-electron chi connectivity index (χ1n) is 15.8. The van der Waals surface area contributed by atoms with Crippen LogP contribution in [0.15, 0.2) is 172 Å². The highest BCUT2D eigenvalue weighted by Crippen LogP contribution is 2.52. The molecule has 3 heterocycles. The minimum Gasteiger partial charge on any atom is -0.455 e. The lowest BCUT2D eigenvalue weighted by Crippen LogP contribution is -2.14. The lowest BCUT2D eigenvalue weighted by molar-refractivity contribution is 0.674. The zero-order valence-electron chi connectivity index (χ0n) is 25.2. The summed E-state index contributed by atoms with van der Waals surface area (Å²) in [6, 6.07) is 55.8. The Morgan fingerprint density at radius 1 is 0.489 bits per heavy atom. The van der Waals surface area contributed by atoms with E-state index in [0.717, 1.165) is 71.7 Å². The Morgan fingerprint density at radius 2 is 1.13 bits per heavy atom. The molecule has 10 rings (SSSR count). The highest BCUT2D eigenvalue weighted by Gasteiger charge is 2.25. The van der Waals surface area contributed by atoms with Crippen LogP contribution in [0.25, 0.3) is 66.0 Å². The number of fused-ring (bicyclic) bond motifs is 9. The molecular formula is C43H26N2OS. The number of para-hydroxylation sites is 4. The van der Waals surface area contributed by atoms with Crippen molar-refractivity contribution < 1.29 is 4.42 Å². The maximum atomic E-state index is 7.00.